The Morgan fingerprint density at radius 3 is 2.68 bits per heavy atom. The van der Waals surface area contributed by atoms with Gasteiger partial charge in [0.15, 0.2) is 0 Å². The van der Waals surface area contributed by atoms with E-state index < -0.39 is 0 Å². The van der Waals surface area contributed by atoms with Crippen molar-refractivity contribution in [2.45, 2.75) is 25.8 Å². The lowest BCUT2D eigenvalue weighted by Crippen LogP contribution is -2.46. The molecule has 8 heteroatoms. The monoisotopic (exact) mass is 389 g/mol. The van der Waals surface area contributed by atoms with Gasteiger partial charge in [-0.1, -0.05) is 18.5 Å². The Kier molecular flexibility index (Phi) is 9.82. The molecule has 1 unspecified atom stereocenters. The lowest BCUT2D eigenvalue weighted by atomic mass is 10.1. The van der Waals surface area contributed by atoms with Crippen molar-refractivity contribution in [3.8, 4) is 0 Å². The molecular weight excluding hydrogens is 365 g/mol. The van der Waals surface area contributed by atoms with E-state index in [9.17, 15) is 9.59 Å². The van der Waals surface area contributed by atoms with Crippen molar-refractivity contribution in [2.24, 2.45) is 0 Å². The molecule has 0 aliphatic carbocycles. The van der Waals surface area contributed by atoms with Gasteiger partial charge in [-0.3, -0.25) is 9.59 Å². The van der Waals surface area contributed by atoms with E-state index in [2.05, 4.69) is 10.6 Å². The molecule has 1 aromatic carbocycles. The molecule has 2 rings (SSSR count). The van der Waals surface area contributed by atoms with Crippen molar-refractivity contribution >= 4 is 41.5 Å². The molecule has 6 nitrogen and oxygen atoms in total. The molecule has 140 valence electrons. The summed E-state index contributed by atoms with van der Waals surface area (Å²) < 4.78 is 5.37. The Balaban J connectivity index is 0.00000312. The number of nitrogens with one attached hydrogen (secondary N) is 2. The zero-order valence-corrected chi connectivity index (χ0v) is 15.9. The molecule has 1 aromatic rings. The van der Waals surface area contributed by atoms with Crippen molar-refractivity contribution in [1.82, 2.24) is 10.2 Å². The molecule has 0 saturated carbocycles. The molecule has 1 saturated heterocycles. The minimum atomic E-state index is -0.216. The average Bonchev–Trinajstić information content (AvgIpc) is 2.57. The third-order valence-corrected chi connectivity index (χ3v) is 3.98. The second-order valence-electron chi connectivity index (χ2n) is 5.80. The Labute approximate surface area is 159 Å². The fraction of sp³-hybridized carbons (Fsp3) is 0.529. The summed E-state index contributed by atoms with van der Waals surface area (Å²) in [7, 11) is 0. The Hall–Kier alpha value is -1.34. The predicted molar refractivity (Wildman–Crippen MR) is 101 cm³/mol. The zero-order chi connectivity index (χ0) is 17.4. The number of hydrogen-bond donors (Lipinski definition) is 2. The van der Waals surface area contributed by atoms with Crippen LogP contribution < -0.4 is 10.6 Å². The molecule has 0 bridgehead atoms. The summed E-state index contributed by atoms with van der Waals surface area (Å²) in [4.78, 5) is 26.3. The van der Waals surface area contributed by atoms with E-state index in [1.54, 1.807) is 29.2 Å². The van der Waals surface area contributed by atoms with Gasteiger partial charge in [0.25, 0.3) is 0 Å². The van der Waals surface area contributed by atoms with E-state index >= 15 is 0 Å². The largest absolute Gasteiger partial charge is 0.378 e. The van der Waals surface area contributed by atoms with Crippen LogP contribution in [0.3, 0.4) is 0 Å². The molecule has 0 radical (unpaired) electrons. The number of rotatable bonds is 7. The number of carbonyl (C=O) groups excluding carboxylic acids is 2. The zero-order valence-electron chi connectivity index (χ0n) is 14.3. The van der Waals surface area contributed by atoms with Crippen LogP contribution in [0.1, 0.15) is 19.8 Å². The SMILES string of the molecule is CCCN(CC(=O)Nc1ccc(Cl)cc1)C(=O)CC1COCCN1.Cl. The van der Waals surface area contributed by atoms with Gasteiger partial charge in [0.1, 0.15) is 0 Å². The van der Waals surface area contributed by atoms with Gasteiger partial charge in [-0.2, -0.15) is 0 Å². The minimum absolute atomic E-state index is 0. The number of benzene rings is 1. The van der Waals surface area contributed by atoms with Gasteiger partial charge < -0.3 is 20.3 Å². The lowest BCUT2D eigenvalue weighted by Gasteiger charge is -2.27. The molecule has 1 atom stereocenters. The molecule has 1 fully saturated rings. The topological polar surface area (TPSA) is 70.7 Å². The highest BCUT2D eigenvalue weighted by Crippen LogP contribution is 2.13. The smallest absolute Gasteiger partial charge is 0.243 e. The van der Waals surface area contributed by atoms with Crippen LogP contribution in [0.25, 0.3) is 0 Å². The standard InChI is InChI=1S/C17H24ClN3O3.ClH/c1-2-8-21(17(23)10-15-12-24-9-7-19-15)11-16(22)20-14-5-3-13(18)4-6-14;/h3-6,15,19H,2,7-12H2,1H3,(H,20,22);1H. The summed E-state index contributed by atoms with van der Waals surface area (Å²) in [6.07, 6.45) is 1.14. The van der Waals surface area contributed by atoms with Crippen LogP contribution in [0.4, 0.5) is 5.69 Å². The van der Waals surface area contributed by atoms with Crippen LogP contribution in [0.2, 0.25) is 5.02 Å². The maximum Gasteiger partial charge on any atom is 0.243 e. The highest BCUT2D eigenvalue weighted by atomic mass is 35.5. The summed E-state index contributed by atoms with van der Waals surface area (Å²) in [5, 5.41) is 6.65. The number of amides is 2. The van der Waals surface area contributed by atoms with E-state index in [0.29, 0.717) is 36.9 Å². The van der Waals surface area contributed by atoms with Crippen LogP contribution in [0, 0.1) is 0 Å². The third-order valence-electron chi connectivity index (χ3n) is 3.73. The number of anilines is 1. The summed E-state index contributed by atoms with van der Waals surface area (Å²) in [5.74, 6) is -0.252. The summed E-state index contributed by atoms with van der Waals surface area (Å²) in [6, 6.07) is 6.90. The lowest BCUT2D eigenvalue weighted by molar-refractivity contribution is -0.135. The van der Waals surface area contributed by atoms with Gasteiger partial charge >= 0.3 is 0 Å². The Morgan fingerprint density at radius 1 is 1.36 bits per heavy atom. The Morgan fingerprint density at radius 2 is 2.08 bits per heavy atom. The van der Waals surface area contributed by atoms with E-state index in [0.717, 1.165) is 13.0 Å². The molecule has 25 heavy (non-hydrogen) atoms. The van der Waals surface area contributed by atoms with Gasteiger partial charge in [0.05, 0.1) is 19.8 Å². The molecule has 1 heterocycles. The molecule has 0 spiro atoms. The molecular formula is C17H25Cl2N3O3. The number of hydrogen-bond acceptors (Lipinski definition) is 4. The highest BCUT2D eigenvalue weighted by molar-refractivity contribution is 6.30. The van der Waals surface area contributed by atoms with Crippen LogP contribution in [-0.2, 0) is 14.3 Å². The van der Waals surface area contributed by atoms with Gasteiger partial charge in [0, 0.05) is 36.3 Å². The van der Waals surface area contributed by atoms with Crippen molar-refractivity contribution in [3.05, 3.63) is 29.3 Å². The first-order chi connectivity index (χ1) is 11.6. The predicted octanol–water partition coefficient (Wildman–Crippen LogP) is 2.32. The van der Waals surface area contributed by atoms with E-state index in [1.165, 1.54) is 0 Å². The normalized spacial score (nSPS) is 16.6. The van der Waals surface area contributed by atoms with E-state index in [1.807, 2.05) is 6.92 Å². The van der Waals surface area contributed by atoms with Gasteiger partial charge in [-0.15, -0.1) is 12.4 Å². The fourth-order valence-electron chi connectivity index (χ4n) is 2.56. The van der Waals surface area contributed by atoms with Crippen LogP contribution in [-0.4, -0.2) is 55.6 Å². The molecule has 1 aliphatic rings. The second-order valence-corrected chi connectivity index (χ2v) is 6.24. The minimum Gasteiger partial charge on any atom is -0.378 e. The molecule has 2 N–H and O–H groups in total. The maximum atomic E-state index is 12.5. The van der Waals surface area contributed by atoms with Crippen molar-refractivity contribution < 1.29 is 14.3 Å². The molecule has 1 aliphatic heterocycles. The first-order valence-electron chi connectivity index (χ1n) is 8.22. The first kappa shape index (κ1) is 21.7. The van der Waals surface area contributed by atoms with Gasteiger partial charge in [0.2, 0.25) is 11.8 Å². The molecule has 2 amide bonds. The number of morpholine rings is 1. The van der Waals surface area contributed by atoms with Crippen molar-refractivity contribution in [3.63, 3.8) is 0 Å². The highest BCUT2D eigenvalue weighted by Gasteiger charge is 2.22. The van der Waals surface area contributed by atoms with Crippen molar-refractivity contribution in [1.29, 1.82) is 0 Å². The average molecular weight is 390 g/mol. The van der Waals surface area contributed by atoms with Gasteiger partial charge in [-0.25, -0.2) is 0 Å². The van der Waals surface area contributed by atoms with Gasteiger partial charge in [-0.05, 0) is 30.7 Å². The first-order valence-corrected chi connectivity index (χ1v) is 8.60. The van der Waals surface area contributed by atoms with E-state index in [-0.39, 0.29) is 36.8 Å². The number of halogens is 2. The fourth-order valence-corrected chi connectivity index (χ4v) is 2.69. The maximum absolute atomic E-state index is 12.5. The van der Waals surface area contributed by atoms with E-state index in [4.69, 9.17) is 16.3 Å². The second kappa shape index (κ2) is 11.3. The van der Waals surface area contributed by atoms with Crippen LogP contribution >= 0.6 is 24.0 Å². The Bertz CT molecular complexity index is 549. The van der Waals surface area contributed by atoms with Crippen LogP contribution in [0.15, 0.2) is 24.3 Å². The number of ether oxygens (including phenoxy) is 1. The molecule has 0 aromatic heterocycles. The van der Waals surface area contributed by atoms with Crippen molar-refractivity contribution in [2.75, 3.05) is 38.2 Å². The number of nitrogens with zero attached hydrogens (tertiary/aromatic N) is 1. The summed E-state index contributed by atoms with van der Waals surface area (Å²) >= 11 is 5.83. The van der Waals surface area contributed by atoms with Crippen LogP contribution in [0.5, 0.6) is 0 Å². The summed E-state index contributed by atoms with van der Waals surface area (Å²) in [6.45, 7) is 4.54. The summed E-state index contributed by atoms with van der Waals surface area (Å²) in [5.41, 5.74) is 0.663. The quantitative estimate of drug-likeness (QED) is 0.750. The third kappa shape index (κ3) is 7.61. The number of carbonyl (C=O) groups is 2.